The molecule has 0 aliphatic carbocycles. The van der Waals surface area contributed by atoms with Crippen LogP contribution < -0.4 is 10.6 Å². The Morgan fingerprint density at radius 3 is 2.56 bits per heavy atom. The molecule has 100 valence electrons. The first kappa shape index (κ1) is 13.7. The third kappa shape index (κ3) is 3.18. The number of nitrogens with two attached hydrogens (primary N) is 1. The molecule has 0 amide bonds. The Hall–Kier alpha value is -0.740. The molecule has 3 unspecified atom stereocenters. The van der Waals surface area contributed by atoms with Gasteiger partial charge in [0.25, 0.3) is 0 Å². The Bertz CT molecular complexity index is 369. The Labute approximate surface area is 114 Å². The molecule has 2 N–H and O–H groups in total. The third-order valence-corrected chi connectivity index (χ3v) is 4.60. The van der Waals surface area contributed by atoms with Crippen molar-refractivity contribution in [2.45, 2.75) is 43.7 Å². The van der Waals surface area contributed by atoms with Gasteiger partial charge in [-0.1, -0.05) is 20.8 Å². The van der Waals surface area contributed by atoms with Crippen molar-refractivity contribution in [3.63, 3.8) is 0 Å². The standard InChI is InChI=1S/C14H23N3S/c1-4-13(15)14-6-5-12(7-16-14)17-8-10(2)18-11(3)9-17/h5-7,10-11,13H,4,8-9,15H2,1-3H3. The maximum Gasteiger partial charge on any atom is 0.0572 e. The van der Waals surface area contributed by atoms with E-state index in [1.165, 1.54) is 5.69 Å². The fourth-order valence-electron chi connectivity index (χ4n) is 2.40. The molecule has 1 aromatic rings. The highest BCUT2D eigenvalue weighted by molar-refractivity contribution is 8.00. The largest absolute Gasteiger partial charge is 0.368 e. The predicted molar refractivity (Wildman–Crippen MR) is 80.2 cm³/mol. The van der Waals surface area contributed by atoms with Crippen LogP contribution in [0.4, 0.5) is 5.69 Å². The predicted octanol–water partition coefficient (Wildman–Crippen LogP) is 2.82. The lowest BCUT2D eigenvalue weighted by atomic mass is 10.1. The van der Waals surface area contributed by atoms with Gasteiger partial charge in [-0.2, -0.15) is 11.8 Å². The van der Waals surface area contributed by atoms with Crippen LogP contribution in [-0.4, -0.2) is 28.6 Å². The van der Waals surface area contributed by atoms with Crippen LogP contribution in [0.5, 0.6) is 0 Å². The molecule has 2 heterocycles. The van der Waals surface area contributed by atoms with Crippen molar-refractivity contribution in [1.29, 1.82) is 0 Å². The highest BCUT2D eigenvalue weighted by Gasteiger charge is 2.22. The van der Waals surface area contributed by atoms with E-state index in [9.17, 15) is 0 Å². The van der Waals surface area contributed by atoms with Gasteiger partial charge in [-0.3, -0.25) is 4.98 Å². The number of thioether (sulfide) groups is 1. The van der Waals surface area contributed by atoms with Gasteiger partial charge in [-0.05, 0) is 18.6 Å². The second-order valence-corrected chi connectivity index (χ2v) is 7.00. The molecule has 2 rings (SSSR count). The van der Waals surface area contributed by atoms with E-state index in [0.29, 0.717) is 10.5 Å². The Kier molecular flexibility index (Phi) is 4.51. The normalized spacial score (nSPS) is 26.1. The molecule has 0 aromatic carbocycles. The summed E-state index contributed by atoms with van der Waals surface area (Å²) in [7, 11) is 0. The van der Waals surface area contributed by atoms with E-state index in [-0.39, 0.29) is 6.04 Å². The molecule has 1 aliphatic heterocycles. The molecular formula is C14H23N3S. The van der Waals surface area contributed by atoms with Gasteiger partial charge in [-0.25, -0.2) is 0 Å². The zero-order valence-electron chi connectivity index (χ0n) is 11.5. The number of rotatable bonds is 3. The minimum Gasteiger partial charge on any atom is -0.368 e. The maximum absolute atomic E-state index is 5.99. The molecule has 0 radical (unpaired) electrons. The summed E-state index contributed by atoms with van der Waals surface area (Å²) in [5.74, 6) is 0. The highest BCUT2D eigenvalue weighted by atomic mass is 32.2. The Morgan fingerprint density at radius 1 is 1.39 bits per heavy atom. The van der Waals surface area contributed by atoms with E-state index in [0.717, 1.165) is 25.2 Å². The van der Waals surface area contributed by atoms with Crippen molar-refractivity contribution in [3.05, 3.63) is 24.0 Å². The SMILES string of the molecule is CCC(N)c1ccc(N2CC(C)SC(C)C2)cn1. The lowest BCUT2D eigenvalue weighted by Crippen LogP contribution is -2.40. The van der Waals surface area contributed by atoms with Crippen molar-refractivity contribution < 1.29 is 0 Å². The van der Waals surface area contributed by atoms with Crippen molar-refractivity contribution in [1.82, 2.24) is 4.98 Å². The number of aromatic nitrogens is 1. The van der Waals surface area contributed by atoms with Gasteiger partial charge in [0.1, 0.15) is 0 Å². The van der Waals surface area contributed by atoms with Crippen molar-refractivity contribution in [2.75, 3.05) is 18.0 Å². The van der Waals surface area contributed by atoms with Gasteiger partial charge in [-0.15, -0.1) is 0 Å². The van der Waals surface area contributed by atoms with Crippen LogP contribution >= 0.6 is 11.8 Å². The zero-order chi connectivity index (χ0) is 13.1. The molecular weight excluding hydrogens is 242 g/mol. The smallest absolute Gasteiger partial charge is 0.0572 e. The maximum atomic E-state index is 5.99. The van der Waals surface area contributed by atoms with Crippen LogP contribution in [0.2, 0.25) is 0 Å². The van der Waals surface area contributed by atoms with Crippen LogP contribution in [0.1, 0.15) is 38.9 Å². The monoisotopic (exact) mass is 265 g/mol. The zero-order valence-corrected chi connectivity index (χ0v) is 12.3. The lowest BCUT2D eigenvalue weighted by Gasteiger charge is -2.36. The fourth-order valence-corrected chi connectivity index (χ4v) is 3.73. The first-order valence-electron chi connectivity index (χ1n) is 6.72. The van der Waals surface area contributed by atoms with Crippen LogP contribution in [0.3, 0.4) is 0 Å². The Morgan fingerprint density at radius 2 is 2.06 bits per heavy atom. The summed E-state index contributed by atoms with van der Waals surface area (Å²) in [5, 5.41) is 1.37. The summed E-state index contributed by atoms with van der Waals surface area (Å²) in [4.78, 5) is 6.93. The molecule has 0 bridgehead atoms. The molecule has 3 atom stereocenters. The second-order valence-electron chi connectivity index (χ2n) is 5.12. The number of pyridine rings is 1. The minimum atomic E-state index is 0.0637. The number of nitrogens with zero attached hydrogens (tertiary/aromatic N) is 2. The van der Waals surface area contributed by atoms with E-state index < -0.39 is 0 Å². The number of anilines is 1. The van der Waals surface area contributed by atoms with E-state index in [1.54, 1.807) is 0 Å². The molecule has 1 saturated heterocycles. The number of hydrogen-bond donors (Lipinski definition) is 1. The van der Waals surface area contributed by atoms with Gasteiger partial charge < -0.3 is 10.6 Å². The molecule has 4 heteroatoms. The molecule has 0 saturated carbocycles. The van der Waals surface area contributed by atoms with Crippen molar-refractivity contribution in [3.8, 4) is 0 Å². The quantitative estimate of drug-likeness (QED) is 0.912. The summed E-state index contributed by atoms with van der Waals surface area (Å²) >= 11 is 2.07. The van der Waals surface area contributed by atoms with Crippen LogP contribution in [0.25, 0.3) is 0 Å². The topological polar surface area (TPSA) is 42.1 Å². The summed E-state index contributed by atoms with van der Waals surface area (Å²) in [6.45, 7) is 8.89. The van der Waals surface area contributed by atoms with Gasteiger partial charge >= 0.3 is 0 Å². The summed E-state index contributed by atoms with van der Waals surface area (Å²) in [6, 6.07) is 4.29. The third-order valence-electron chi connectivity index (χ3n) is 3.38. The second kappa shape index (κ2) is 5.93. The fraction of sp³-hybridized carbons (Fsp3) is 0.643. The lowest BCUT2D eigenvalue weighted by molar-refractivity contribution is 0.673. The average molecular weight is 265 g/mol. The van der Waals surface area contributed by atoms with Gasteiger partial charge in [0.2, 0.25) is 0 Å². The van der Waals surface area contributed by atoms with Gasteiger partial charge in [0.15, 0.2) is 0 Å². The van der Waals surface area contributed by atoms with Crippen LogP contribution in [0, 0.1) is 0 Å². The molecule has 0 spiro atoms. The minimum absolute atomic E-state index is 0.0637. The summed E-state index contributed by atoms with van der Waals surface area (Å²) in [6.07, 6.45) is 2.90. The average Bonchev–Trinajstić information content (AvgIpc) is 2.37. The van der Waals surface area contributed by atoms with Gasteiger partial charge in [0.05, 0.1) is 17.6 Å². The summed E-state index contributed by atoms with van der Waals surface area (Å²) in [5.41, 5.74) is 8.20. The van der Waals surface area contributed by atoms with E-state index >= 15 is 0 Å². The van der Waals surface area contributed by atoms with E-state index in [4.69, 9.17) is 5.73 Å². The van der Waals surface area contributed by atoms with Gasteiger partial charge in [0, 0.05) is 29.6 Å². The van der Waals surface area contributed by atoms with Crippen molar-refractivity contribution in [2.24, 2.45) is 5.73 Å². The summed E-state index contributed by atoms with van der Waals surface area (Å²) < 4.78 is 0. The molecule has 3 nitrogen and oxygen atoms in total. The number of hydrogen-bond acceptors (Lipinski definition) is 4. The van der Waals surface area contributed by atoms with E-state index in [1.807, 2.05) is 6.20 Å². The van der Waals surface area contributed by atoms with E-state index in [2.05, 4.69) is 54.5 Å². The molecule has 1 aromatic heterocycles. The van der Waals surface area contributed by atoms with Crippen molar-refractivity contribution >= 4 is 17.4 Å². The molecule has 1 fully saturated rings. The first-order chi connectivity index (χ1) is 8.60. The highest BCUT2D eigenvalue weighted by Crippen LogP contribution is 2.28. The van der Waals surface area contributed by atoms with Crippen LogP contribution in [-0.2, 0) is 0 Å². The molecule has 18 heavy (non-hydrogen) atoms. The molecule has 1 aliphatic rings. The Balaban J connectivity index is 2.09. The first-order valence-corrected chi connectivity index (χ1v) is 7.66. The van der Waals surface area contributed by atoms with Crippen LogP contribution in [0.15, 0.2) is 18.3 Å².